The van der Waals surface area contributed by atoms with Gasteiger partial charge in [-0.05, 0) is 19.3 Å². The third-order valence-corrected chi connectivity index (χ3v) is 3.25. The third kappa shape index (κ3) is 2.38. The number of hydrogen-bond donors (Lipinski definition) is 1. The molecule has 8 heteroatoms. The largest absolute Gasteiger partial charge is 0.338 e. The number of urea groups is 1. The molecule has 0 spiro atoms. The minimum Gasteiger partial charge on any atom is -0.328 e. The predicted octanol–water partition coefficient (Wildman–Crippen LogP) is 0.349. The summed E-state index contributed by atoms with van der Waals surface area (Å²) in [6.45, 7) is 1.18. The Hall–Kier alpha value is -2.12. The molecule has 3 amide bonds. The SMILES string of the molecule is CN1CCCN(NC(=O)c2nc(C3CC3)no2)C1=O. The summed E-state index contributed by atoms with van der Waals surface area (Å²) in [4.78, 5) is 29.3. The van der Waals surface area contributed by atoms with Gasteiger partial charge in [0.05, 0.1) is 0 Å². The van der Waals surface area contributed by atoms with E-state index in [1.807, 2.05) is 0 Å². The van der Waals surface area contributed by atoms with Crippen molar-refractivity contribution in [2.75, 3.05) is 20.1 Å². The lowest BCUT2D eigenvalue weighted by Gasteiger charge is -2.32. The first kappa shape index (κ1) is 11.9. The summed E-state index contributed by atoms with van der Waals surface area (Å²) >= 11 is 0. The van der Waals surface area contributed by atoms with Crippen LogP contribution in [-0.4, -0.2) is 52.1 Å². The highest BCUT2D eigenvalue weighted by Crippen LogP contribution is 2.38. The summed E-state index contributed by atoms with van der Waals surface area (Å²) < 4.78 is 4.91. The maximum atomic E-state index is 11.9. The van der Waals surface area contributed by atoms with Crippen LogP contribution in [-0.2, 0) is 0 Å². The van der Waals surface area contributed by atoms with Gasteiger partial charge in [0.25, 0.3) is 0 Å². The highest BCUT2D eigenvalue weighted by molar-refractivity contribution is 5.91. The molecule has 3 rings (SSSR count). The van der Waals surface area contributed by atoms with E-state index in [9.17, 15) is 9.59 Å². The number of carbonyl (C=O) groups is 2. The molecule has 0 unspecified atom stereocenters. The molecular formula is C11H15N5O3. The number of amides is 3. The van der Waals surface area contributed by atoms with Gasteiger partial charge in [0.1, 0.15) is 0 Å². The van der Waals surface area contributed by atoms with Crippen molar-refractivity contribution in [3.05, 3.63) is 11.7 Å². The van der Waals surface area contributed by atoms with Crippen LogP contribution in [0.3, 0.4) is 0 Å². The number of aromatic nitrogens is 2. The van der Waals surface area contributed by atoms with Gasteiger partial charge in [-0.1, -0.05) is 5.16 Å². The molecule has 102 valence electrons. The van der Waals surface area contributed by atoms with Crippen molar-refractivity contribution >= 4 is 11.9 Å². The maximum Gasteiger partial charge on any atom is 0.338 e. The van der Waals surface area contributed by atoms with E-state index in [-0.39, 0.29) is 11.9 Å². The van der Waals surface area contributed by atoms with Crippen molar-refractivity contribution in [3.63, 3.8) is 0 Å². The lowest BCUT2D eigenvalue weighted by atomic mass is 10.3. The van der Waals surface area contributed by atoms with E-state index in [0.29, 0.717) is 24.8 Å². The summed E-state index contributed by atoms with van der Waals surface area (Å²) in [6, 6.07) is -0.235. The predicted molar refractivity (Wildman–Crippen MR) is 63.1 cm³/mol. The Morgan fingerprint density at radius 3 is 2.95 bits per heavy atom. The number of nitrogens with zero attached hydrogens (tertiary/aromatic N) is 4. The number of nitrogens with one attached hydrogen (secondary N) is 1. The molecule has 1 aromatic rings. The van der Waals surface area contributed by atoms with Crippen molar-refractivity contribution in [2.45, 2.75) is 25.2 Å². The van der Waals surface area contributed by atoms with E-state index in [1.54, 1.807) is 11.9 Å². The second-order valence-electron chi connectivity index (χ2n) is 4.88. The summed E-state index contributed by atoms with van der Waals surface area (Å²) in [5.74, 6) is 0.270. The van der Waals surface area contributed by atoms with E-state index in [1.165, 1.54) is 5.01 Å². The molecular weight excluding hydrogens is 250 g/mol. The summed E-state index contributed by atoms with van der Waals surface area (Å²) in [5.41, 5.74) is 2.49. The molecule has 0 atom stereocenters. The van der Waals surface area contributed by atoms with E-state index in [0.717, 1.165) is 19.3 Å². The van der Waals surface area contributed by atoms with Crippen LogP contribution in [0, 0.1) is 0 Å². The molecule has 1 aliphatic heterocycles. The molecule has 0 radical (unpaired) electrons. The summed E-state index contributed by atoms with van der Waals surface area (Å²) in [5, 5.41) is 5.04. The molecule has 1 saturated heterocycles. The molecule has 0 aromatic carbocycles. The van der Waals surface area contributed by atoms with Crippen LogP contribution in [0.2, 0.25) is 0 Å². The Morgan fingerprint density at radius 1 is 1.42 bits per heavy atom. The molecule has 2 aliphatic rings. The van der Waals surface area contributed by atoms with Gasteiger partial charge in [-0.25, -0.2) is 9.80 Å². The molecule has 8 nitrogen and oxygen atoms in total. The van der Waals surface area contributed by atoms with E-state index < -0.39 is 5.91 Å². The Bertz CT molecular complexity index is 510. The smallest absolute Gasteiger partial charge is 0.328 e. The molecule has 2 heterocycles. The normalized spacial score (nSPS) is 19.7. The second kappa shape index (κ2) is 4.52. The average Bonchev–Trinajstić information content (AvgIpc) is 3.12. The lowest BCUT2D eigenvalue weighted by Crippen LogP contribution is -2.55. The van der Waals surface area contributed by atoms with Crippen molar-refractivity contribution in [1.29, 1.82) is 0 Å². The molecule has 1 aromatic heterocycles. The Balaban J connectivity index is 1.64. The maximum absolute atomic E-state index is 11.9. The van der Waals surface area contributed by atoms with Crippen molar-refractivity contribution in [1.82, 2.24) is 25.5 Å². The van der Waals surface area contributed by atoms with Crippen molar-refractivity contribution in [3.8, 4) is 0 Å². The quantitative estimate of drug-likeness (QED) is 0.851. The highest BCUT2D eigenvalue weighted by atomic mass is 16.5. The fourth-order valence-electron chi connectivity index (χ4n) is 1.97. The van der Waals surface area contributed by atoms with Gasteiger partial charge < -0.3 is 9.42 Å². The fraction of sp³-hybridized carbons (Fsp3) is 0.636. The molecule has 1 N–H and O–H groups in total. The van der Waals surface area contributed by atoms with Crippen LogP contribution in [0.4, 0.5) is 4.79 Å². The Labute approximate surface area is 109 Å². The average molecular weight is 265 g/mol. The Kier molecular flexibility index (Phi) is 2.84. The second-order valence-corrected chi connectivity index (χ2v) is 4.88. The number of hydrogen-bond acceptors (Lipinski definition) is 5. The number of carbonyl (C=O) groups excluding carboxylic acids is 2. The van der Waals surface area contributed by atoms with Crippen LogP contribution in [0.15, 0.2) is 4.52 Å². The molecule has 19 heavy (non-hydrogen) atoms. The van der Waals surface area contributed by atoms with E-state index in [4.69, 9.17) is 4.52 Å². The van der Waals surface area contributed by atoms with Crippen LogP contribution >= 0.6 is 0 Å². The lowest BCUT2D eigenvalue weighted by molar-refractivity contribution is 0.0698. The van der Waals surface area contributed by atoms with Crippen LogP contribution in [0.1, 0.15) is 41.7 Å². The minimum absolute atomic E-state index is 0.0945. The van der Waals surface area contributed by atoms with Gasteiger partial charge in [0, 0.05) is 26.1 Å². The molecule has 0 bridgehead atoms. The topological polar surface area (TPSA) is 91.6 Å². The van der Waals surface area contributed by atoms with Gasteiger partial charge in [-0.3, -0.25) is 10.2 Å². The summed E-state index contributed by atoms with van der Waals surface area (Å²) in [7, 11) is 1.69. The monoisotopic (exact) mass is 265 g/mol. The first-order chi connectivity index (χ1) is 9.15. The first-order valence-corrected chi connectivity index (χ1v) is 6.32. The molecule has 2 fully saturated rings. The number of hydrazine groups is 1. The van der Waals surface area contributed by atoms with Gasteiger partial charge in [0.15, 0.2) is 5.82 Å². The Morgan fingerprint density at radius 2 is 2.21 bits per heavy atom. The van der Waals surface area contributed by atoms with Crippen molar-refractivity contribution in [2.24, 2.45) is 0 Å². The highest BCUT2D eigenvalue weighted by Gasteiger charge is 2.31. The van der Waals surface area contributed by atoms with Gasteiger partial charge in [-0.2, -0.15) is 4.98 Å². The van der Waals surface area contributed by atoms with Crippen LogP contribution in [0.25, 0.3) is 0 Å². The fourth-order valence-corrected chi connectivity index (χ4v) is 1.97. The van der Waals surface area contributed by atoms with Crippen LogP contribution in [0.5, 0.6) is 0 Å². The zero-order valence-electron chi connectivity index (χ0n) is 10.6. The zero-order valence-corrected chi connectivity index (χ0v) is 10.6. The summed E-state index contributed by atoms with van der Waals surface area (Å²) in [6.07, 6.45) is 2.88. The van der Waals surface area contributed by atoms with Gasteiger partial charge in [0.2, 0.25) is 0 Å². The number of rotatable bonds is 3. The van der Waals surface area contributed by atoms with Crippen molar-refractivity contribution < 1.29 is 14.1 Å². The van der Waals surface area contributed by atoms with E-state index in [2.05, 4.69) is 15.6 Å². The van der Waals surface area contributed by atoms with Gasteiger partial charge in [-0.15, -0.1) is 0 Å². The first-order valence-electron chi connectivity index (χ1n) is 6.32. The standard InChI is InChI=1S/C11H15N5O3/c1-15-5-2-6-16(11(15)18)13-9(17)10-12-8(14-19-10)7-3-4-7/h7H,2-6H2,1H3,(H,13,17). The van der Waals surface area contributed by atoms with Gasteiger partial charge >= 0.3 is 17.8 Å². The zero-order chi connectivity index (χ0) is 13.4. The minimum atomic E-state index is -0.539. The molecule has 1 saturated carbocycles. The van der Waals surface area contributed by atoms with E-state index >= 15 is 0 Å². The molecule has 1 aliphatic carbocycles. The third-order valence-electron chi connectivity index (χ3n) is 3.25. The van der Waals surface area contributed by atoms with Crippen LogP contribution < -0.4 is 5.43 Å².